The molecule has 16 aliphatic rings. The second-order valence-electron chi connectivity index (χ2n) is 9.44. The summed E-state index contributed by atoms with van der Waals surface area (Å²) in [5.74, 6) is 0. The zero-order valence-electron chi connectivity index (χ0n) is 22.3. The third-order valence-electron chi connectivity index (χ3n) is 6.36. The highest BCUT2D eigenvalue weighted by Crippen LogP contribution is 2.38. The number of benzene rings is 6. The molecule has 0 nitrogen and oxygen atoms in total. The van der Waals surface area contributed by atoms with Gasteiger partial charge in [-0.1, -0.05) is 70.6 Å². The second kappa shape index (κ2) is 13.4. The van der Waals surface area contributed by atoms with E-state index in [1.54, 1.807) is 70.6 Å². The standard InChI is InChI=1S/C36H24S6/c1-2-26-4-3-25(1)37-27-5-7-29(8-6-27)39-31-13-15-33(16-14-31)41-35-21-23-36(24-22-35)42-34-19-17-32(18-20-34)40-30-11-9-28(38-26)10-12-30/h1-24H. The minimum atomic E-state index is 1.25. The first kappa shape index (κ1) is 28.2. The summed E-state index contributed by atoms with van der Waals surface area (Å²) in [6.45, 7) is 0. The summed E-state index contributed by atoms with van der Waals surface area (Å²) < 4.78 is 0. The van der Waals surface area contributed by atoms with Gasteiger partial charge in [-0.05, 0) is 146 Å². The normalized spacial score (nSPS) is 13.1. The molecular weight excluding hydrogens is 625 g/mol. The SMILES string of the molecule is c1cc2ccc1Sc1ccc(cc1)Sc1ccc(cc1)Sc1ccc(cc1)Sc1ccc(cc1)Sc1ccc(cc1)S2. The molecule has 0 radical (unpaired) electrons. The summed E-state index contributed by atoms with van der Waals surface area (Å²) >= 11 is 10.8. The average Bonchev–Trinajstić information content (AvgIpc) is 3.03. The van der Waals surface area contributed by atoms with Crippen LogP contribution in [0.5, 0.6) is 0 Å². The number of rotatable bonds is 0. The van der Waals surface area contributed by atoms with Crippen molar-refractivity contribution in [2.45, 2.75) is 58.7 Å². The lowest BCUT2D eigenvalue weighted by molar-refractivity contribution is 1.29. The topological polar surface area (TPSA) is 0 Å². The maximum absolute atomic E-state index is 2.22. The smallest absolute Gasteiger partial charge is 0.0123 e. The fraction of sp³-hybridized carbons (Fsp3) is 0. The van der Waals surface area contributed by atoms with Crippen LogP contribution in [0.4, 0.5) is 0 Å². The van der Waals surface area contributed by atoms with Gasteiger partial charge in [0.05, 0.1) is 0 Å². The van der Waals surface area contributed by atoms with Gasteiger partial charge in [-0.15, -0.1) is 0 Å². The molecule has 0 saturated carbocycles. The lowest BCUT2D eigenvalue weighted by Gasteiger charge is -2.08. The van der Waals surface area contributed by atoms with Crippen LogP contribution in [0.2, 0.25) is 0 Å². The zero-order valence-corrected chi connectivity index (χ0v) is 27.2. The van der Waals surface area contributed by atoms with Crippen molar-refractivity contribution in [1.29, 1.82) is 0 Å². The Bertz CT molecular complexity index is 1280. The Morgan fingerprint density at radius 2 is 0.214 bits per heavy atom. The minimum absolute atomic E-state index is 1.25. The van der Waals surface area contributed by atoms with Crippen LogP contribution in [-0.2, 0) is 0 Å². The molecule has 16 aliphatic heterocycles. The van der Waals surface area contributed by atoms with E-state index in [1.807, 2.05) is 0 Å². The second-order valence-corrected chi connectivity index (χ2v) is 16.3. The summed E-state index contributed by atoms with van der Waals surface area (Å²) in [6, 6.07) is 53.2. The van der Waals surface area contributed by atoms with Crippen molar-refractivity contribution in [3.8, 4) is 0 Å². The molecule has 0 fully saturated rings. The lowest BCUT2D eigenvalue weighted by atomic mass is 10.3. The van der Waals surface area contributed by atoms with Crippen LogP contribution < -0.4 is 0 Å². The van der Waals surface area contributed by atoms with E-state index in [4.69, 9.17) is 0 Å². The highest BCUT2D eigenvalue weighted by Gasteiger charge is 2.06. The van der Waals surface area contributed by atoms with Gasteiger partial charge in [0.25, 0.3) is 0 Å². The van der Waals surface area contributed by atoms with Gasteiger partial charge in [-0.2, -0.15) is 0 Å². The molecule has 6 heteroatoms. The summed E-state index contributed by atoms with van der Waals surface area (Å²) in [6.07, 6.45) is 0. The van der Waals surface area contributed by atoms with Crippen molar-refractivity contribution in [2.24, 2.45) is 0 Å². The highest BCUT2D eigenvalue weighted by atomic mass is 32.2. The Balaban J connectivity index is 1.14. The van der Waals surface area contributed by atoms with Crippen LogP contribution in [0.15, 0.2) is 204 Å². The van der Waals surface area contributed by atoms with E-state index >= 15 is 0 Å². The van der Waals surface area contributed by atoms with Gasteiger partial charge in [0.1, 0.15) is 0 Å². The Morgan fingerprint density at radius 3 is 0.286 bits per heavy atom. The van der Waals surface area contributed by atoms with Crippen LogP contribution in [0.3, 0.4) is 0 Å². The van der Waals surface area contributed by atoms with Gasteiger partial charge in [-0.25, -0.2) is 0 Å². The van der Waals surface area contributed by atoms with E-state index in [0.29, 0.717) is 0 Å². The van der Waals surface area contributed by atoms with Crippen LogP contribution in [0, 0.1) is 0 Å². The first-order valence-electron chi connectivity index (χ1n) is 13.4. The van der Waals surface area contributed by atoms with E-state index in [9.17, 15) is 0 Å². The molecule has 0 atom stereocenters. The van der Waals surface area contributed by atoms with Crippen LogP contribution >= 0.6 is 70.6 Å². The highest BCUT2D eigenvalue weighted by molar-refractivity contribution is 8.01. The maximum atomic E-state index is 2.22. The number of hydrogen-bond acceptors (Lipinski definition) is 6. The first-order valence-corrected chi connectivity index (χ1v) is 18.3. The average molecular weight is 649 g/mol. The summed E-state index contributed by atoms with van der Waals surface area (Å²) in [5.41, 5.74) is 0. The van der Waals surface area contributed by atoms with Crippen LogP contribution in [-0.4, -0.2) is 0 Å². The fourth-order valence-electron chi connectivity index (χ4n) is 4.27. The fourth-order valence-corrected chi connectivity index (χ4v) is 9.17. The molecule has 42 heavy (non-hydrogen) atoms. The molecule has 6 aromatic rings. The van der Waals surface area contributed by atoms with Crippen molar-refractivity contribution in [2.75, 3.05) is 0 Å². The summed E-state index contributed by atoms with van der Waals surface area (Å²) in [4.78, 5) is 15.0. The van der Waals surface area contributed by atoms with Crippen LogP contribution in [0.1, 0.15) is 0 Å². The molecule has 6 aromatic carbocycles. The maximum Gasteiger partial charge on any atom is 0.0123 e. The third-order valence-corrected chi connectivity index (χ3v) is 12.5. The Labute approximate surface area is 272 Å². The van der Waals surface area contributed by atoms with E-state index < -0.39 is 0 Å². The third kappa shape index (κ3) is 7.49. The van der Waals surface area contributed by atoms with Crippen LogP contribution in [0.25, 0.3) is 0 Å². The van der Waals surface area contributed by atoms with Gasteiger partial charge in [-0.3, -0.25) is 0 Å². The molecule has 0 amide bonds. The molecule has 22 rings (SSSR count). The van der Waals surface area contributed by atoms with Crippen molar-refractivity contribution >= 4 is 70.6 Å². The Hall–Kier alpha value is -2.58. The van der Waals surface area contributed by atoms with Crippen molar-refractivity contribution in [3.05, 3.63) is 146 Å². The molecule has 0 N–H and O–H groups in total. The molecule has 0 spiro atoms. The van der Waals surface area contributed by atoms with Crippen molar-refractivity contribution < 1.29 is 0 Å². The molecule has 12 bridgehead atoms. The molecule has 0 unspecified atom stereocenters. The number of hydrogen-bond donors (Lipinski definition) is 0. The first-order chi connectivity index (χ1) is 20.7. The predicted octanol–water partition coefficient (Wildman–Crippen LogP) is 12.9. The van der Waals surface area contributed by atoms with Gasteiger partial charge < -0.3 is 0 Å². The van der Waals surface area contributed by atoms with E-state index in [0.717, 1.165) is 0 Å². The van der Waals surface area contributed by atoms with Gasteiger partial charge >= 0.3 is 0 Å². The Kier molecular flexibility index (Phi) is 8.98. The van der Waals surface area contributed by atoms with E-state index in [1.165, 1.54) is 58.7 Å². The monoisotopic (exact) mass is 648 g/mol. The van der Waals surface area contributed by atoms with E-state index in [2.05, 4.69) is 146 Å². The Morgan fingerprint density at radius 1 is 0.143 bits per heavy atom. The molecule has 0 aromatic heterocycles. The molecule has 16 heterocycles. The van der Waals surface area contributed by atoms with Gasteiger partial charge in [0, 0.05) is 58.7 Å². The largest absolute Gasteiger partial charge is 0.0901 e. The molecule has 0 aliphatic carbocycles. The molecule has 204 valence electrons. The van der Waals surface area contributed by atoms with Crippen molar-refractivity contribution in [1.82, 2.24) is 0 Å². The quantitative estimate of drug-likeness (QED) is 0.159. The van der Waals surface area contributed by atoms with Gasteiger partial charge in [0.15, 0.2) is 0 Å². The predicted molar refractivity (Wildman–Crippen MR) is 183 cm³/mol. The van der Waals surface area contributed by atoms with Crippen molar-refractivity contribution in [3.63, 3.8) is 0 Å². The molecular formula is C36H24S6. The summed E-state index contributed by atoms with van der Waals surface area (Å²) in [5, 5.41) is 0. The van der Waals surface area contributed by atoms with Gasteiger partial charge in [0.2, 0.25) is 0 Å². The minimum Gasteiger partial charge on any atom is -0.0901 e. The van der Waals surface area contributed by atoms with E-state index in [-0.39, 0.29) is 0 Å². The molecule has 0 saturated heterocycles. The zero-order chi connectivity index (χ0) is 28.1. The summed E-state index contributed by atoms with van der Waals surface area (Å²) in [7, 11) is 0. The lowest BCUT2D eigenvalue weighted by Crippen LogP contribution is -1.80.